The lowest BCUT2D eigenvalue weighted by atomic mass is 9.85. The van der Waals surface area contributed by atoms with E-state index < -0.39 is 11.6 Å². The quantitative estimate of drug-likeness (QED) is 0.784. The molecule has 1 aliphatic heterocycles. The van der Waals surface area contributed by atoms with E-state index in [1.165, 1.54) is 6.07 Å². The first-order valence-corrected chi connectivity index (χ1v) is 7.53. The Hall–Kier alpha value is -1.29. The second-order valence-corrected chi connectivity index (χ2v) is 6.72. The van der Waals surface area contributed by atoms with Crippen LogP contribution in [0.5, 0.6) is 0 Å². The minimum absolute atomic E-state index is 0.0209. The first-order valence-electron chi connectivity index (χ1n) is 7.53. The highest BCUT2D eigenvalue weighted by molar-refractivity contribution is 6.00. The van der Waals surface area contributed by atoms with E-state index in [4.69, 9.17) is 0 Å². The fourth-order valence-electron chi connectivity index (χ4n) is 2.91. The lowest BCUT2D eigenvalue weighted by Crippen LogP contribution is -2.40. The van der Waals surface area contributed by atoms with Gasteiger partial charge in [0.25, 0.3) is 0 Å². The van der Waals surface area contributed by atoms with Crippen LogP contribution in [0.2, 0.25) is 0 Å². The second kappa shape index (κ2) is 6.22. The molecule has 1 aromatic carbocycles. The maximum Gasteiger partial charge on any atom is 0.182 e. The number of rotatable bonds is 3. The van der Waals surface area contributed by atoms with Crippen molar-refractivity contribution in [3.05, 3.63) is 35.4 Å². The molecule has 0 N–H and O–H groups in total. The van der Waals surface area contributed by atoms with E-state index in [9.17, 15) is 13.6 Å². The smallest absolute Gasteiger partial charge is 0.182 e. The Morgan fingerprint density at radius 1 is 1.24 bits per heavy atom. The molecule has 1 atom stereocenters. The fourth-order valence-corrected chi connectivity index (χ4v) is 2.91. The number of Topliss-reactive ketones (excluding diaryl/α,β-unsaturated/α-hetero) is 1. The van der Waals surface area contributed by atoms with Gasteiger partial charge in [0, 0.05) is 6.07 Å². The van der Waals surface area contributed by atoms with Gasteiger partial charge in [0.1, 0.15) is 11.6 Å². The number of hydrogen-bond donors (Lipinski definition) is 0. The highest BCUT2D eigenvalue weighted by atomic mass is 19.1. The molecule has 0 amide bonds. The van der Waals surface area contributed by atoms with Crippen LogP contribution in [-0.2, 0) is 0 Å². The number of halogens is 2. The number of ketones is 1. The number of carbonyl (C=O) groups excluding carboxylic acids is 1. The van der Waals surface area contributed by atoms with Crippen molar-refractivity contribution in [2.45, 2.75) is 46.1 Å². The van der Waals surface area contributed by atoms with Crippen molar-refractivity contribution in [3.63, 3.8) is 0 Å². The molecule has 116 valence electrons. The SMILES string of the molecule is CC(C(=O)c1ccc(F)cc1F)N1CCCC(C)(C)CC1. The molecule has 0 radical (unpaired) electrons. The highest BCUT2D eigenvalue weighted by Gasteiger charge is 2.29. The molecule has 0 spiro atoms. The summed E-state index contributed by atoms with van der Waals surface area (Å²) in [6, 6.07) is 2.77. The Labute approximate surface area is 125 Å². The van der Waals surface area contributed by atoms with Crippen molar-refractivity contribution in [1.29, 1.82) is 0 Å². The lowest BCUT2D eigenvalue weighted by Gasteiger charge is -2.27. The molecule has 1 fully saturated rings. The van der Waals surface area contributed by atoms with E-state index in [-0.39, 0.29) is 17.4 Å². The van der Waals surface area contributed by atoms with Crippen LogP contribution in [0.3, 0.4) is 0 Å². The summed E-state index contributed by atoms with van der Waals surface area (Å²) in [5, 5.41) is 0. The molecule has 0 aliphatic carbocycles. The lowest BCUT2D eigenvalue weighted by molar-refractivity contribution is 0.0834. The summed E-state index contributed by atoms with van der Waals surface area (Å²) in [7, 11) is 0. The van der Waals surface area contributed by atoms with Gasteiger partial charge in [0.2, 0.25) is 0 Å². The third kappa shape index (κ3) is 3.88. The second-order valence-electron chi connectivity index (χ2n) is 6.72. The molecule has 21 heavy (non-hydrogen) atoms. The van der Waals surface area contributed by atoms with E-state index in [1.807, 2.05) is 6.92 Å². The predicted molar refractivity (Wildman–Crippen MR) is 79.4 cm³/mol. The minimum atomic E-state index is -0.776. The van der Waals surface area contributed by atoms with Gasteiger partial charge in [0.05, 0.1) is 11.6 Å². The molecular formula is C17H23F2NO. The standard InChI is InChI=1S/C17H23F2NO/c1-12(20-9-4-7-17(2,3)8-10-20)16(21)14-6-5-13(18)11-15(14)19/h5-6,11-12H,4,7-10H2,1-3H3. The summed E-state index contributed by atoms with van der Waals surface area (Å²) in [6.45, 7) is 7.97. The summed E-state index contributed by atoms with van der Waals surface area (Å²) in [5.74, 6) is -1.71. The first-order chi connectivity index (χ1) is 9.80. The summed E-state index contributed by atoms with van der Waals surface area (Å²) in [4.78, 5) is 14.6. The topological polar surface area (TPSA) is 20.3 Å². The molecule has 1 unspecified atom stereocenters. The Kier molecular flexibility index (Phi) is 4.77. The average molecular weight is 295 g/mol. The summed E-state index contributed by atoms with van der Waals surface area (Å²) >= 11 is 0. The number of nitrogens with zero attached hydrogens (tertiary/aromatic N) is 1. The van der Waals surface area contributed by atoms with Gasteiger partial charge in [-0.3, -0.25) is 9.69 Å². The van der Waals surface area contributed by atoms with Crippen molar-refractivity contribution in [1.82, 2.24) is 4.90 Å². The predicted octanol–water partition coefficient (Wildman–Crippen LogP) is 4.05. The number of hydrogen-bond acceptors (Lipinski definition) is 2. The van der Waals surface area contributed by atoms with Gasteiger partial charge in [-0.15, -0.1) is 0 Å². The third-order valence-electron chi connectivity index (χ3n) is 4.50. The summed E-state index contributed by atoms with van der Waals surface area (Å²) in [5.41, 5.74) is 0.269. The van der Waals surface area contributed by atoms with Crippen LogP contribution in [0.4, 0.5) is 8.78 Å². The highest BCUT2D eigenvalue weighted by Crippen LogP contribution is 2.30. The van der Waals surface area contributed by atoms with E-state index >= 15 is 0 Å². The Morgan fingerprint density at radius 3 is 2.62 bits per heavy atom. The van der Waals surface area contributed by atoms with Gasteiger partial charge in [-0.2, -0.15) is 0 Å². The van der Waals surface area contributed by atoms with Gasteiger partial charge >= 0.3 is 0 Å². The van der Waals surface area contributed by atoms with E-state index in [1.54, 1.807) is 0 Å². The molecule has 0 aromatic heterocycles. The monoisotopic (exact) mass is 295 g/mol. The fraction of sp³-hybridized carbons (Fsp3) is 0.588. The number of likely N-dealkylation sites (tertiary alicyclic amines) is 1. The third-order valence-corrected chi connectivity index (χ3v) is 4.50. The first kappa shape index (κ1) is 16.1. The molecule has 2 nitrogen and oxygen atoms in total. The van der Waals surface area contributed by atoms with Crippen LogP contribution in [0.1, 0.15) is 50.4 Å². The molecule has 0 bridgehead atoms. The van der Waals surface area contributed by atoms with Crippen molar-refractivity contribution < 1.29 is 13.6 Å². The Balaban J connectivity index is 2.12. The number of carbonyl (C=O) groups is 1. The van der Waals surface area contributed by atoms with Crippen LogP contribution in [0, 0.1) is 17.0 Å². The molecule has 1 aliphatic rings. The van der Waals surface area contributed by atoms with Gasteiger partial charge in [-0.1, -0.05) is 13.8 Å². The van der Waals surface area contributed by atoms with Crippen molar-refractivity contribution >= 4 is 5.78 Å². The molecule has 1 aromatic rings. The van der Waals surface area contributed by atoms with Gasteiger partial charge in [-0.25, -0.2) is 8.78 Å². The maximum absolute atomic E-state index is 13.8. The molecule has 0 saturated carbocycles. The average Bonchev–Trinajstić information content (AvgIpc) is 2.58. The van der Waals surface area contributed by atoms with E-state index in [2.05, 4.69) is 18.7 Å². The zero-order valence-corrected chi connectivity index (χ0v) is 13.0. The van der Waals surface area contributed by atoms with Crippen LogP contribution >= 0.6 is 0 Å². The van der Waals surface area contributed by atoms with Crippen molar-refractivity contribution in [2.24, 2.45) is 5.41 Å². The largest absolute Gasteiger partial charge is 0.293 e. The molecule has 1 saturated heterocycles. The Bertz CT molecular complexity index is 528. The van der Waals surface area contributed by atoms with Gasteiger partial charge in [-0.05, 0) is 56.8 Å². The van der Waals surface area contributed by atoms with Crippen LogP contribution in [0.15, 0.2) is 18.2 Å². The number of benzene rings is 1. The molecular weight excluding hydrogens is 272 g/mol. The molecule has 2 rings (SSSR count). The molecule has 1 heterocycles. The van der Waals surface area contributed by atoms with Gasteiger partial charge in [0.15, 0.2) is 5.78 Å². The van der Waals surface area contributed by atoms with E-state index in [0.29, 0.717) is 5.41 Å². The van der Waals surface area contributed by atoms with Crippen LogP contribution < -0.4 is 0 Å². The normalized spacial score (nSPS) is 20.8. The zero-order valence-electron chi connectivity index (χ0n) is 13.0. The zero-order chi connectivity index (χ0) is 15.6. The van der Waals surface area contributed by atoms with Crippen molar-refractivity contribution in [3.8, 4) is 0 Å². The Morgan fingerprint density at radius 2 is 1.95 bits per heavy atom. The summed E-state index contributed by atoms with van der Waals surface area (Å²) < 4.78 is 26.7. The van der Waals surface area contributed by atoms with Crippen LogP contribution in [-0.4, -0.2) is 29.8 Å². The van der Waals surface area contributed by atoms with Crippen LogP contribution in [0.25, 0.3) is 0 Å². The minimum Gasteiger partial charge on any atom is -0.293 e. The van der Waals surface area contributed by atoms with E-state index in [0.717, 1.165) is 44.5 Å². The molecule has 4 heteroatoms. The summed E-state index contributed by atoms with van der Waals surface area (Å²) in [6.07, 6.45) is 3.20. The van der Waals surface area contributed by atoms with Crippen molar-refractivity contribution in [2.75, 3.05) is 13.1 Å². The van der Waals surface area contributed by atoms with Gasteiger partial charge < -0.3 is 0 Å². The maximum atomic E-state index is 13.8.